The highest BCUT2D eigenvalue weighted by molar-refractivity contribution is 8.00. The molecule has 2 nitrogen and oxygen atoms in total. The Morgan fingerprint density at radius 3 is 1.71 bits per heavy atom. The monoisotopic (exact) mass is 648 g/mol. The molecule has 0 spiro atoms. The highest BCUT2D eigenvalue weighted by atomic mass is 32.2. The van der Waals surface area contributed by atoms with Crippen molar-refractivity contribution in [2.24, 2.45) is 0 Å². The minimum absolute atomic E-state index is 0.300. The van der Waals surface area contributed by atoms with Gasteiger partial charge in [0, 0.05) is 50.2 Å². The van der Waals surface area contributed by atoms with Crippen LogP contribution in [0.4, 0.5) is 34.1 Å². The average Bonchev–Trinajstić information content (AvgIpc) is 3.54. The minimum Gasteiger partial charge on any atom is -0.310 e. The molecule has 1 heterocycles. The van der Waals surface area contributed by atoms with Crippen molar-refractivity contribution in [2.45, 2.75) is 29.9 Å². The molecule has 2 atom stereocenters. The molecule has 49 heavy (non-hydrogen) atoms. The third kappa shape index (κ3) is 5.13. The van der Waals surface area contributed by atoms with E-state index in [4.69, 9.17) is 0 Å². The summed E-state index contributed by atoms with van der Waals surface area (Å²) in [5.74, 6) is 0.300. The molecule has 7 aromatic carbocycles. The molecule has 0 N–H and O–H groups in total. The van der Waals surface area contributed by atoms with Gasteiger partial charge in [0.25, 0.3) is 0 Å². The summed E-state index contributed by atoms with van der Waals surface area (Å²) in [6, 6.07) is 57.5. The zero-order valence-corrected chi connectivity index (χ0v) is 28.4. The standard InChI is InChI=1S/C46H36N2S/c1-31-13-9-11-19-41(31)47(35-15-5-3-6-16-35)37-23-25-39-33(29-37)21-27-43-45(39)46-40-26-24-38(30-34(40)22-28-44(46)49-43)48(36-17-7-4-8-18-36)42-20-12-10-14-32(42)2/h3-30,43,45H,1-2H3. The van der Waals surface area contributed by atoms with Crippen molar-refractivity contribution in [3.05, 3.63) is 192 Å². The first-order valence-corrected chi connectivity index (χ1v) is 17.9. The van der Waals surface area contributed by atoms with Gasteiger partial charge in [0.05, 0.1) is 0 Å². The molecule has 0 radical (unpaired) electrons. The number of fused-ring (bicyclic) bond motifs is 7. The van der Waals surface area contributed by atoms with Crippen LogP contribution in [-0.4, -0.2) is 5.25 Å². The van der Waals surface area contributed by atoms with Gasteiger partial charge < -0.3 is 9.80 Å². The van der Waals surface area contributed by atoms with Gasteiger partial charge in [-0.05, 0) is 119 Å². The summed E-state index contributed by atoms with van der Waals surface area (Å²) in [7, 11) is 0. The topological polar surface area (TPSA) is 6.48 Å². The van der Waals surface area contributed by atoms with Crippen LogP contribution in [0.3, 0.4) is 0 Å². The fraction of sp³-hybridized carbons (Fsp3) is 0.0870. The van der Waals surface area contributed by atoms with Gasteiger partial charge in [-0.1, -0.05) is 103 Å². The molecule has 9 rings (SSSR count). The summed E-state index contributed by atoms with van der Waals surface area (Å²) in [5.41, 5.74) is 13.7. The summed E-state index contributed by atoms with van der Waals surface area (Å²) in [5, 5.41) is 3.00. The van der Waals surface area contributed by atoms with Gasteiger partial charge in [0.2, 0.25) is 0 Å². The molecular formula is C46H36N2S. The third-order valence-electron chi connectivity index (χ3n) is 10.0. The number of rotatable bonds is 6. The van der Waals surface area contributed by atoms with Crippen molar-refractivity contribution < 1.29 is 0 Å². The van der Waals surface area contributed by atoms with Crippen LogP contribution in [-0.2, 0) is 0 Å². The van der Waals surface area contributed by atoms with Crippen molar-refractivity contribution in [3.8, 4) is 0 Å². The second kappa shape index (κ2) is 12.2. The largest absolute Gasteiger partial charge is 0.310 e. The normalized spacial score (nSPS) is 15.8. The Hall–Kier alpha value is -5.51. The number of hydrogen-bond donors (Lipinski definition) is 0. The molecule has 236 valence electrons. The lowest BCUT2D eigenvalue weighted by Gasteiger charge is -2.30. The van der Waals surface area contributed by atoms with E-state index in [1.807, 2.05) is 11.8 Å². The highest BCUT2D eigenvalue weighted by Crippen LogP contribution is 2.55. The number of para-hydroxylation sites is 4. The average molecular weight is 649 g/mol. The first-order chi connectivity index (χ1) is 24.1. The Labute approximate surface area is 293 Å². The van der Waals surface area contributed by atoms with E-state index in [0.717, 1.165) is 11.4 Å². The van der Waals surface area contributed by atoms with Crippen molar-refractivity contribution in [2.75, 3.05) is 9.80 Å². The first-order valence-electron chi connectivity index (χ1n) is 17.0. The van der Waals surface area contributed by atoms with Gasteiger partial charge in [-0.15, -0.1) is 11.8 Å². The molecule has 2 aliphatic rings. The number of anilines is 6. The molecule has 0 aromatic heterocycles. The lowest BCUT2D eigenvalue weighted by atomic mass is 9.80. The Balaban J connectivity index is 1.14. The van der Waals surface area contributed by atoms with E-state index in [1.54, 1.807) is 0 Å². The Morgan fingerprint density at radius 2 is 1.08 bits per heavy atom. The summed E-state index contributed by atoms with van der Waals surface area (Å²) < 4.78 is 0. The SMILES string of the molecule is Cc1ccccc1N(c1ccccc1)c1ccc2c(c1)C=CC1Sc3ccc4cc(N(c5ccccc5)c5ccccc5C)ccc4c3C21. The maximum Gasteiger partial charge on any atom is 0.0490 e. The van der Waals surface area contributed by atoms with E-state index in [0.29, 0.717) is 11.2 Å². The van der Waals surface area contributed by atoms with Gasteiger partial charge in [0.1, 0.15) is 0 Å². The number of thioether (sulfide) groups is 1. The van der Waals surface area contributed by atoms with Crippen LogP contribution in [0.15, 0.2) is 169 Å². The Morgan fingerprint density at radius 1 is 0.510 bits per heavy atom. The van der Waals surface area contributed by atoms with Gasteiger partial charge >= 0.3 is 0 Å². The number of nitrogens with zero attached hydrogens (tertiary/aromatic N) is 2. The van der Waals surface area contributed by atoms with Crippen LogP contribution in [0.2, 0.25) is 0 Å². The van der Waals surface area contributed by atoms with Crippen LogP contribution in [0.25, 0.3) is 16.8 Å². The van der Waals surface area contributed by atoms with Crippen LogP contribution in [0, 0.1) is 13.8 Å². The van der Waals surface area contributed by atoms with Gasteiger partial charge in [0.15, 0.2) is 0 Å². The molecule has 0 fully saturated rings. The van der Waals surface area contributed by atoms with E-state index < -0.39 is 0 Å². The lowest BCUT2D eigenvalue weighted by molar-refractivity contribution is 0.852. The molecular weight excluding hydrogens is 613 g/mol. The summed E-state index contributed by atoms with van der Waals surface area (Å²) >= 11 is 2.00. The summed E-state index contributed by atoms with van der Waals surface area (Å²) in [6.45, 7) is 4.38. The molecule has 0 amide bonds. The van der Waals surface area contributed by atoms with Crippen molar-refractivity contribution in [1.29, 1.82) is 0 Å². The molecule has 0 saturated heterocycles. The van der Waals surface area contributed by atoms with E-state index in [9.17, 15) is 0 Å². The number of benzene rings is 7. The molecule has 2 unspecified atom stereocenters. The zero-order valence-electron chi connectivity index (χ0n) is 27.6. The highest BCUT2D eigenvalue weighted by Gasteiger charge is 2.37. The Bertz CT molecular complexity index is 2360. The molecule has 7 aromatic rings. The molecule has 1 aliphatic carbocycles. The second-order valence-electron chi connectivity index (χ2n) is 13.0. The van der Waals surface area contributed by atoms with Crippen LogP contribution in [0.5, 0.6) is 0 Å². The Kier molecular flexibility index (Phi) is 7.36. The van der Waals surface area contributed by atoms with Crippen LogP contribution >= 0.6 is 11.8 Å². The smallest absolute Gasteiger partial charge is 0.0490 e. The van der Waals surface area contributed by atoms with E-state index in [1.165, 1.54) is 66.2 Å². The fourth-order valence-corrected chi connectivity index (χ4v) is 9.09. The van der Waals surface area contributed by atoms with Gasteiger partial charge in [-0.2, -0.15) is 0 Å². The van der Waals surface area contributed by atoms with E-state index >= 15 is 0 Å². The van der Waals surface area contributed by atoms with Gasteiger partial charge in [-0.25, -0.2) is 0 Å². The van der Waals surface area contributed by atoms with E-state index in [-0.39, 0.29) is 0 Å². The summed E-state index contributed by atoms with van der Waals surface area (Å²) in [4.78, 5) is 6.16. The van der Waals surface area contributed by atoms with Crippen molar-refractivity contribution in [1.82, 2.24) is 0 Å². The molecule has 3 heteroatoms. The quantitative estimate of drug-likeness (QED) is 0.177. The predicted molar refractivity (Wildman–Crippen MR) is 210 cm³/mol. The van der Waals surface area contributed by atoms with Crippen molar-refractivity contribution in [3.63, 3.8) is 0 Å². The maximum atomic E-state index is 2.43. The molecule has 0 saturated carbocycles. The molecule has 0 bridgehead atoms. The number of aryl methyl sites for hydroxylation is 2. The van der Waals surface area contributed by atoms with E-state index in [2.05, 4.69) is 194 Å². The lowest BCUT2D eigenvalue weighted by Crippen LogP contribution is -2.16. The molecule has 1 aliphatic heterocycles. The first kappa shape index (κ1) is 29.6. The minimum atomic E-state index is 0.300. The third-order valence-corrected chi connectivity index (χ3v) is 11.3. The zero-order chi connectivity index (χ0) is 32.9. The predicted octanol–water partition coefficient (Wildman–Crippen LogP) is 13.0. The second-order valence-corrected chi connectivity index (χ2v) is 14.3. The maximum absolute atomic E-state index is 2.43. The number of hydrogen-bond acceptors (Lipinski definition) is 3. The fourth-order valence-electron chi connectivity index (χ4n) is 7.71. The summed E-state index contributed by atoms with van der Waals surface area (Å²) in [6.07, 6.45) is 4.78. The van der Waals surface area contributed by atoms with Crippen LogP contribution < -0.4 is 9.80 Å². The van der Waals surface area contributed by atoms with Crippen molar-refractivity contribution >= 4 is 62.7 Å². The van der Waals surface area contributed by atoms with Crippen LogP contribution in [0.1, 0.15) is 33.7 Å². The van der Waals surface area contributed by atoms with Gasteiger partial charge in [-0.3, -0.25) is 0 Å².